The van der Waals surface area contributed by atoms with Gasteiger partial charge in [-0.3, -0.25) is 4.79 Å². The van der Waals surface area contributed by atoms with Gasteiger partial charge in [0.25, 0.3) is 0 Å². The molecule has 0 saturated heterocycles. The van der Waals surface area contributed by atoms with Crippen molar-refractivity contribution in [3.63, 3.8) is 0 Å². The summed E-state index contributed by atoms with van der Waals surface area (Å²) < 4.78 is 27.3. The van der Waals surface area contributed by atoms with Crippen LogP contribution in [0.5, 0.6) is 0 Å². The van der Waals surface area contributed by atoms with Crippen molar-refractivity contribution in [2.75, 3.05) is 12.4 Å². The molecule has 1 aromatic carbocycles. The Hall–Kier alpha value is -1.15. The zero-order chi connectivity index (χ0) is 18.4. The number of nitrogens with one attached hydrogen (secondary N) is 1. The van der Waals surface area contributed by atoms with Gasteiger partial charge in [-0.1, -0.05) is 25.3 Å². The SMILES string of the molecule is CC(N)CCC(=O)Nc1cccc(S(=O)(=O)N(C)C2CCCCC2)c1.Cl. The Kier molecular flexibility index (Phi) is 9.03. The van der Waals surface area contributed by atoms with Gasteiger partial charge in [-0.2, -0.15) is 4.31 Å². The number of sulfonamides is 1. The Labute approximate surface area is 163 Å². The lowest BCUT2D eigenvalue weighted by Gasteiger charge is -2.30. The Bertz CT molecular complexity index is 689. The molecule has 0 bridgehead atoms. The molecule has 1 saturated carbocycles. The van der Waals surface area contributed by atoms with Crippen LogP contribution in [0.3, 0.4) is 0 Å². The van der Waals surface area contributed by atoms with Crippen LogP contribution >= 0.6 is 12.4 Å². The van der Waals surface area contributed by atoms with Gasteiger partial charge in [0.1, 0.15) is 0 Å². The molecule has 1 unspecified atom stereocenters. The fourth-order valence-electron chi connectivity index (χ4n) is 3.12. The number of carbonyl (C=O) groups is 1. The zero-order valence-corrected chi connectivity index (χ0v) is 17.1. The second-order valence-corrected chi connectivity index (χ2v) is 8.90. The summed E-state index contributed by atoms with van der Waals surface area (Å²) in [5, 5.41) is 2.75. The number of rotatable bonds is 7. The van der Waals surface area contributed by atoms with Gasteiger partial charge in [0.05, 0.1) is 4.90 Å². The Morgan fingerprint density at radius 3 is 2.58 bits per heavy atom. The van der Waals surface area contributed by atoms with E-state index in [2.05, 4.69) is 5.32 Å². The van der Waals surface area contributed by atoms with E-state index in [9.17, 15) is 13.2 Å². The molecule has 0 aliphatic heterocycles. The van der Waals surface area contributed by atoms with Gasteiger partial charge in [0.15, 0.2) is 0 Å². The monoisotopic (exact) mass is 403 g/mol. The lowest BCUT2D eigenvalue weighted by Crippen LogP contribution is -2.38. The van der Waals surface area contributed by atoms with Crippen LogP contribution in [0.2, 0.25) is 0 Å². The standard InChI is InChI=1S/C18H29N3O3S.ClH/c1-14(19)11-12-18(22)20-15-7-6-10-17(13-15)25(23,24)21(2)16-8-4-3-5-9-16;/h6-7,10,13-14,16H,3-5,8-9,11-12,19H2,1-2H3,(H,20,22);1H. The topological polar surface area (TPSA) is 92.5 Å². The van der Waals surface area contributed by atoms with Gasteiger partial charge in [-0.25, -0.2) is 8.42 Å². The van der Waals surface area contributed by atoms with Crippen LogP contribution < -0.4 is 11.1 Å². The van der Waals surface area contributed by atoms with Crippen LogP contribution in [0.4, 0.5) is 5.69 Å². The lowest BCUT2D eigenvalue weighted by atomic mass is 9.96. The van der Waals surface area contributed by atoms with Crippen molar-refractivity contribution in [2.24, 2.45) is 5.73 Å². The van der Waals surface area contributed by atoms with Crippen molar-refractivity contribution < 1.29 is 13.2 Å². The summed E-state index contributed by atoms with van der Waals surface area (Å²) in [4.78, 5) is 12.1. The van der Waals surface area contributed by atoms with Gasteiger partial charge in [0, 0.05) is 31.2 Å². The highest BCUT2D eigenvalue weighted by Crippen LogP contribution is 2.27. The quantitative estimate of drug-likeness (QED) is 0.731. The third-order valence-electron chi connectivity index (χ3n) is 4.71. The second kappa shape index (κ2) is 10.3. The van der Waals surface area contributed by atoms with E-state index in [1.54, 1.807) is 25.2 Å². The first kappa shape index (κ1) is 22.9. The summed E-state index contributed by atoms with van der Waals surface area (Å²) in [6, 6.07) is 6.47. The molecule has 1 aliphatic rings. The number of hydrogen-bond donors (Lipinski definition) is 2. The van der Waals surface area contributed by atoms with Crippen molar-refractivity contribution >= 4 is 34.0 Å². The summed E-state index contributed by atoms with van der Waals surface area (Å²) >= 11 is 0. The summed E-state index contributed by atoms with van der Waals surface area (Å²) in [5.41, 5.74) is 6.15. The van der Waals surface area contributed by atoms with Crippen LogP contribution in [-0.2, 0) is 14.8 Å². The van der Waals surface area contributed by atoms with Crippen molar-refractivity contribution in [1.29, 1.82) is 0 Å². The molecule has 0 aromatic heterocycles. The van der Waals surface area contributed by atoms with E-state index in [0.717, 1.165) is 25.7 Å². The molecule has 0 radical (unpaired) electrons. The molecule has 6 nitrogen and oxygen atoms in total. The lowest BCUT2D eigenvalue weighted by molar-refractivity contribution is -0.116. The van der Waals surface area contributed by atoms with Gasteiger partial charge in [-0.05, 0) is 44.4 Å². The van der Waals surface area contributed by atoms with Crippen LogP contribution in [0.15, 0.2) is 29.2 Å². The van der Waals surface area contributed by atoms with Gasteiger partial charge in [0.2, 0.25) is 15.9 Å². The van der Waals surface area contributed by atoms with E-state index < -0.39 is 10.0 Å². The van der Waals surface area contributed by atoms with Crippen LogP contribution in [0.25, 0.3) is 0 Å². The first-order valence-electron chi connectivity index (χ1n) is 8.94. The number of carbonyl (C=O) groups excluding carboxylic acids is 1. The maximum Gasteiger partial charge on any atom is 0.243 e. The zero-order valence-electron chi connectivity index (χ0n) is 15.5. The predicted octanol–water partition coefficient (Wildman–Crippen LogP) is 3.13. The van der Waals surface area contributed by atoms with E-state index >= 15 is 0 Å². The molecule has 1 aromatic rings. The molecule has 3 N–H and O–H groups in total. The van der Waals surface area contributed by atoms with E-state index in [1.807, 2.05) is 6.92 Å². The van der Waals surface area contributed by atoms with Crippen molar-refractivity contribution in [2.45, 2.75) is 68.8 Å². The van der Waals surface area contributed by atoms with E-state index in [1.165, 1.54) is 16.8 Å². The number of halogens is 1. The third kappa shape index (κ3) is 6.23. The van der Waals surface area contributed by atoms with E-state index in [-0.39, 0.29) is 35.3 Å². The molecule has 1 fully saturated rings. The number of amides is 1. The summed E-state index contributed by atoms with van der Waals surface area (Å²) in [6.45, 7) is 1.85. The number of benzene rings is 1. The summed E-state index contributed by atoms with van der Waals surface area (Å²) in [7, 11) is -1.91. The highest BCUT2D eigenvalue weighted by atomic mass is 35.5. The maximum atomic E-state index is 12.9. The first-order chi connectivity index (χ1) is 11.8. The molecule has 148 valence electrons. The van der Waals surface area contributed by atoms with Gasteiger partial charge < -0.3 is 11.1 Å². The predicted molar refractivity (Wildman–Crippen MR) is 107 cm³/mol. The van der Waals surface area contributed by atoms with Crippen LogP contribution in [0, 0.1) is 0 Å². The van der Waals surface area contributed by atoms with Crippen LogP contribution in [0.1, 0.15) is 51.9 Å². The molecular formula is C18H30ClN3O3S. The summed E-state index contributed by atoms with van der Waals surface area (Å²) in [6.07, 6.45) is 6.03. The first-order valence-corrected chi connectivity index (χ1v) is 10.4. The molecule has 0 spiro atoms. The van der Waals surface area contributed by atoms with Crippen molar-refractivity contribution in [3.8, 4) is 0 Å². The minimum atomic E-state index is -3.56. The normalized spacial score (nSPS) is 16.8. The highest BCUT2D eigenvalue weighted by Gasteiger charge is 2.29. The largest absolute Gasteiger partial charge is 0.328 e. The Morgan fingerprint density at radius 2 is 1.96 bits per heavy atom. The molecular weight excluding hydrogens is 374 g/mol. The molecule has 26 heavy (non-hydrogen) atoms. The highest BCUT2D eigenvalue weighted by molar-refractivity contribution is 7.89. The van der Waals surface area contributed by atoms with Crippen molar-refractivity contribution in [3.05, 3.63) is 24.3 Å². The minimum Gasteiger partial charge on any atom is -0.328 e. The molecule has 1 aliphatic carbocycles. The van der Waals surface area contributed by atoms with Gasteiger partial charge in [-0.15, -0.1) is 12.4 Å². The number of hydrogen-bond acceptors (Lipinski definition) is 4. The molecule has 0 heterocycles. The van der Waals surface area contributed by atoms with E-state index in [0.29, 0.717) is 18.5 Å². The fourth-order valence-corrected chi connectivity index (χ4v) is 4.59. The van der Waals surface area contributed by atoms with E-state index in [4.69, 9.17) is 5.73 Å². The maximum absolute atomic E-state index is 12.9. The van der Waals surface area contributed by atoms with Crippen LogP contribution in [-0.4, -0.2) is 37.8 Å². The minimum absolute atomic E-state index is 0. The van der Waals surface area contributed by atoms with Crippen molar-refractivity contribution in [1.82, 2.24) is 4.31 Å². The third-order valence-corrected chi connectivity index (χ3v) is 6.62. The number of nitrogens with zero attached hydrogens (tertiary/aromatic N) is 1. The smallest absolute Gasteiger partial charge is 0.243 e. The Morgan fingerprint density at radius 1 is 1.31 bits per heavy atom. The van der Waals surface area contributed by atoms with Gasteiger partial charge >= 0.3 is 0 Å². The molecule has 8 heteroatoms. The molecule has 1 amide bonds. The molecule has 2 rings (SSSR count). The number of anilines is 1. The summed E-state index contributed by atoms with van der Waals surface area (Å²) in [5.74, 6) is -0.160. The average Bonchev–Trinajstić information content (AvgIpc) is 2.60. The Balaban J connectivity index is 0.00000338. The number of nitrogens with two attached hydrogens (primary N) is 1. The average molecular weight is 404 g/mol. The second-order valence-electron chi connectivity index (χ2n) is 6.91. The fraction of sp³-hybridized carbons (Fsp3) is 0.611. The molecule has 1 atom stereocenters.